The first-order chi connectivity index (χ1) is 12.6. The zero-order valence-electron chi connectivity index (χ0n) is 14.4. The van der Waals surface area contributed by atoms with Crippen LogP contribution in [-0.2, 0) is 0 Å². The normalized spacial score (nSPS) is 11.6. The maximum absolute atomic E-state index is 13.2. The van der Waals surface area contributed by atoms with Gasteiger partial charge in [-0.3, -0.25) is 9.36 Å². The third-order valence-electron chi connectivity index (χ3n) is 4.64. The molecule has 0 aliphatic rings. The number of fused-ring (bicyclic) bond motifs is 4. The second-order valence-corrected chi connectivity index (χ2v) is 7.45. The first kappa shape index (κ1) is 15.2. The van der Waals surface area contributed by atoms with E-state index in [2.05, 4.69) is 6.07 Å². The van der Waals surface area contributed by atoms with Crippen LogP contribution in [0.2, 0.25) is 0 Å². The zero-order valence-corrected chi connectivity index (χ0v) is 15.2. The molecule has 4 nitrogen and oxygen atoms in total. The number of nitrogens with zero attached hydrogens (tertiary/aromatic N) is 3. The van der Waals surface area contributed by atoms with Crippen molar-refractivity contribution in [3.05, 3.63) is 76.3 Å². The van der Waals surface area contributed by atoms with Gasteiger partial charge in [0.1, 0.15) is 15.4 Å². The lowest BCUT2D eigenvalue weighted by atomic mass is 10.2. The summed E-state index contributed by atoms with van der Waals surface area (Å²) < 4.78 is 2.32. The Kier molecular flexibility index (Phi) is 3.21. The summed E-state index contributed by atoms with van der Waals surface area (Å²) in [4.78, 5) is 23.5. The number of benzene rings is 2. The Bertz CT molecular complexity index is 1360. The van der Waals surface area contributed by atoms with Gasteiger partial charge in [-0.05, 0) is 38.1 Å². The van der Waals surface area contributed by atoms with Crippen molar-refractivity contribution >= 4 is 42.7 Å². The molecule has 0 fully saturated rings. The number of para-hydroxylation sites is 1. The van der Waals surface area contributed by atoms with Gasteiger partial charge in [0.2, 0.25) is 0 Å². The molecule has 0 unspecified atom stereocenters. The van der Waals surface area contributed by atoms with E-state index in [1.807, 2.05) is 62.4 Å². The molecule has 2 aromatic carbocycles. The number of aromatic nitrogens is 3. The number of aryl methyl sites for hydroxylation is 2. The highest BCUT2D eigenvalue weighted by atomic mass is 32.1. The topological polar surface area (TPSA) is 47.8 Å². The van der Waals surface area contributed by atoms with Crippen LogP contribution in [0.4, 0.5) is 0 Å². The standard InChI is InChI=1S/C21H15N3OS/c1-12-7-9-15(10-8-12)24-13(2)22-18-16-11-14-5-3-4-6-17(14)23-20(16)26-19(18)21(24)25/h3-11H,1-2H3. The Balaban J connectivity index is 1.88. The van der Waals surface area contributed by atoms with E-state index in [4.69, 9.17) is 9.97 Å². The first-order valence-electron chi connectivity index (χ1n) is 8.40. The van der Waals surface area contributed by atoms with Crippen LogP contribution >= 0.6 is 11.3 Å². The van der Waals surface area contributed by atoms with Crippen LogP contribution in [0.1, 0.15) is 11.4 Å². The van der Waals surface area contributed by atoms with Gasteiger partial charge in [-0.15, -0.1) is 11.3 Å². The average Bonchev–Trinajstić information content (AvgIpc) is 2.99. The molecule has 0 saturated carbocycles. The van der Waals surface area contributed by atoms with Gasteiger partial charge in [0.15, 0.2) is 0 Å². The molecule has 0 radical (unpaired) electrons. The lowest BCUT2D eigenvalue weighted by Crippen LogP contribution is -2.21. The smallest absolute Gasteiger partial charge is 0.267 e. The van der Waals surface area contributed by atoms with E-state index < -0.39 is 0 Å². The van der Waals surface area contributed by atoms with Crippen molar-refractivity contribution in [2.75, 3.05) is 0 Å². The van der Waals surface area contributed by atoms with E-state index in [1.165, 1.54) is 11.3 Å². The van der Waals surface area contributed by atoms with Crippen LogP contribution < -0.4 is 5.56 Å². The minimum absolute atomic E-state index is 0.0385. The lowest BCUT2D eigenvalue weighted by molar-refractivity contribution is 0.898. The molecule has 0 spiro atoms. The van der Waals surface area contributed by atoms with E-state index in [0.717, 1.165) is 37.9 Å². The molecule has 26 heavy (non-hydrogen) atoms. The van der Waals surface area contributed by atoms with Gasteiger partial charge >= 0.3 is 0 Å². The van der Waals surface area contributed by atoms with Crippen molar-refractivity contribution in [3.63, 3.8) is 0 Å². The van der Waals surface area contributed by atoms with E-state index in [1.54, 1.807) is 4.57 Å². The Morgan fingerprint density at radius 1 is 0.962 bits per heavy atom. The van der Waals surface area contributed by atoms with Crippen LogP contribution in [0.15, 0.2) is 59.4 Å². The van der Waals surface area contributed by atoms with Gasteiger partial charge in [-0.2, -0.15) is 0 Å². The molecule has 3 aromatic heterocycles. The fourth-order valence-electron chi connectivity index (χ4n) is 3.33. The molecule has 5 aromatic rings. The molecule has 5 heteroatoms. The van der Waals surface area contributed by atoms with Crippen molar-refractivity contribution in [2.45, 2.75) is 13.8 Å². The Labute approximate surface area is 153 Å². The molecule has 0 atom stereocenters. The maximum atomic E-state index is 13.2. The van der Waals surface area contributed by atoms with Gasteiger partial charge in [0, 0.05) is 10.8 Å². The van der Waals surface area contributed by atoms with Crippen LogP contribution in [0, 0.1) is 13.8 Å². The third-order valence-corrected chi connectivity index (χ3v) is 5.72. The SMILES string of the molecule is Cc1ccc(-n2c(C)nc3c(sc4nc5ccccc5cc43)c2=O)cc1. The third kappa shape index (κ3) is 2.17. The monoisotopic (exact) mass is 357 g/mol. The number of pyridine rings is 1. The van der Waals surface area contributed by atoms with Gasteiger partial charge in [-0.25, -0.2) is 9.97 Å². The molecule has 0 saturated heterocycles. The van der Waals surface area contributed by atoms with Crippen LogP contribution in [0.3, 0.4) is 0 Å². The molecular weight excluding hydrogens is 342 g/mol. The summed E-state index contributed by atoms with van der Waals surface area (Å²) >= 11 is 1.42. The Morgan fingerprint density at radius 3 is 2.54 bits per heavy atom. The summed E-state index contributed by atoms with van der Waals surface area (Å²) in [5, 5.41) is 2.00. The van der Waals surface area contributed by atoms with Gasteiger partial charge in [0.05, 0.1) is 16.7 Å². The summed E-state index contributed by atoms with van der Waals surface area (Å²) in [5.74, 6) is 0.680. The van der Waals surface area contributed by atoms with E-state index in [-0.39, 0.29) is 5.56 Å². The molecule has 0 amide bonds. The molecule has 126 valence electrons. The Hall–Kier alpha value is -3.05. The summed E-state index contributed by atoms with van der Waals surface area (Å²) in [5.41, 5.74) is 3.63. The lowest BCUT2D eigenvalue weighted by Gasteiger charge is -2.09. The van der Waals surface area contributed by atoms with Crippen LogP contribution in [0.5, 0.6) is 0 Å². The minimum atomic E-state index is -0.0385. The molecular formula is C21H15N3OS. The first-order valence-corrected chi connectivity index (χ1v) is 9.22. The van der Waals surface area contributed by atoms with Crippen LogP contribution in [-0.4, -0.2) is 14.5 Å². The van der Waals surface area contributed by atoms with E-state index in [9.17, 15) is 4.79 Å². The van der Waals surface area contributed by atoms with Gasteiger partial charge in [0.25, 0.3) is 5.56 Å². The summed E-state index contributed by atoms with van der Waals surface area (Å²) in [6, 6.07) is 18.0. The fourth-order valence-corrected chi connectivity index (χ4v) is 4.36. The van der Waals surface area contributed by atoms with Crippen molar-refractivity contribution in [1.82, 2.24) is 14.5 Å². The van der Waals surface area contributed by atoms with E-state index >= 15 is 0 Å². The summed E-state index contributed by atoms with van der Waals surface area (Å²) in [6.45, 7) is 3.90. The molecule has 5 rings (SSSR count). The van der Waals surface area contributed by atoms with Gasteiger partial charge in [-0.1, -0.05) is 35.9 Å². The minimum Gasteiger partial charge on any atom is -0.267 e. The van der Waals surface area contributed by atoms with Crippen molar-refractivity contribution in [3.8, 4) is 5.69 Å². The predicted molar refractivity (Wildman–Crippen MR) is 107 cm³/mol. The van der Waals surface area contributed by atoms with Crippen molar-refractivity contribution < 1.29 is 0 Å². The number of rotatable bonds is 1. The fraction of sp³-hybridized carbons (Fsp3) is 0.0952. The maximum Gasteiger partial charge on any atom is 0.276 e. The predicted octanol–water partition coefficient (Wildman–Crippen LogP) is 4.77. The van der Waals surface area contributed by atoms with Crippen LogP contribution in [0.25, 0.3) is 37.0 Å². The molecule has 0 aliphatic carbocycles. The average molecular weight is 357 g/mol. The molecule has 3 heterocycles. The van der Waals surface area contributed by atoms with E-state index in [0.29, 0.717) is 10.5 Å². The molecule has 0 bridgehead atoms. The molecule has 0 aliphatic heterocycles. The van der Waals surface area contributed by atoms with Crippen molar-refractivity contribution in [1.29, 1.82) is 0 Å². The number of hydrogen-bond acceptors (Lipinski definition) is 4. The highest BCUT2D eigenvalue weighted by molar-refractivity contribution is 7.25. The summed E-state index contributed by atoms with van der Waals surface area (Å²) in [7, 11) is 0. The second-order valence-electron chi connectivity index (χ2n) is 6.45. The van der Waals surface area contributed by atoms with Gasteiger partial charge < -0.3 is 0 Å². The number of hydrogen-bond donors (Lipinski definition) is 0. The highest BCUT2D eigenvalue weighted by Crippen LogP contribution is 2.32. The summed E-state index contributed by atoms with van der Waals surface area (Å²) in [6.07, 6.45) is 0. The largest absolute Gasteiger partial charge is 0.276 e. The zero-order chi connectivity index (χ0) is 17.8. The molecule has 0 N–H and O–H groups in total. The quantitative estimate of drug-likeness (QED) is 0.434. The highest BCUT2D eigenvalue weighted by Gasteiger charge is 2.16. The second kappa shape index (κ2) is 5.47. The Morgan fingerprint density at radius 2 is 1.73 bits per heavy atom. The number of thiophene rings is 1. The van der Waals surface area contributed by atoms with Crippen molar-refractivity contribution in [2.24, 2.45) is 0 Å².